The fourth-order valence-electron chi connectivity index (χ4n) is 1.85. The minimum atomic E-state index is -1.12. The van der Waals surface area contributed by atoms with E-state index >= 15 is 0 Å². The van der Waals surface area contributed by atoms with Crippen molar-refractivity contribution < 1.29 is 14.8 Å². The van der Waals surface area contributed by atoms with Crippen molar-refractivity contribution >= 4 is 11.8 Å². The molecule has 0 saturated heterocycles. The Morgan fingerprint density at radius 1 is 1.50 bits per heavy atom. The lowest BCUT2D eigenvalue weighted by molar-refractivity contribution is -0.385. The highest BCUT2D eigenvalue weighted by Crippen LogP contribution is 2.25. The maximum absolute atomic E-state index is 10.9. The van der Waals surface area contributed by atoms with Gasteiger partial charge in [0.15, 0.2) is 0 Å². The first-order valence-electron chi connectivity index (χ1n) is 6.20. The van der Waals surface area contributed by atoms with Gasteiger partial charge < -0.3 is 10.4 Å². The van der Waals surface area contributed by atoms with E-state index in [9.17, 15) is 14.9 Å². The number of rotatable bonds is 5. The van der Waals surface area contributed by atoms with Crippen LogP contribution in [-0.4, -0.2) is 32.4 Å². The molecule has 9 heteroatoms. The van der Waals surface area contributed by atoms with Gasteiger partial charge in [-0.3, -0.25) is 14.8 Å². The predicted octanol–water partition coefficient (Wildman–Crippen LogP) is 1.60. The molecule has 2 aromatic rings. The molecule has 0 aliphatic heterocycles. The van der Waals surface area contributed by atoms with Gasteiger partial charge in [0.1, 0.15) is 11.6 Å². The van der Waals surface area contributed by atoms with Gasteiger partial charge >= 0.3 is 6.09 Å². The molecule has 22 heavy (non-hydrogen) atoms. The molecule has 2 rings (SSSR count). The van der Waals surface area contributed by atoms with Crippen LogP contribution in [0.1, 0.15) is 5.56 Å². The lowest BCUT2D eigenvalue weighted by atomic mass is 10.1. The van der Waals surface area contributed by atoms with E-state index in [0.29, 0.717) is 17.8 Å². The van der Waals surface area contributed by atoms with Crippen LogP contribution in [-0.2, 0) is 6.54 Å². The number of nitriles is 1. The van der Waals surface area contributed by atoms with Crippen molar-refractivity contribution in [3.05, 3.63) is 46.1 Å². The summed E-state index contributed by atoms with van der Waals surface area (Å²) in [6.45, 7) is 0.536. The summed E-state index contributed by atoms with van der Waals surface area (Å²) < 4.78 is 1.52. The Balaban J connectivity index is 2.20. The van der Waals surface area contributed by atoms with Gasteiger partial charge in [-0.05, 0) is 12.1 Å². The number of nitro groups is 1. The molecule has 0 spiro atoms. The minimum absolute atomic E-state index is 0.0150. The molecule has 1 aromatic heterocycles. The summed E-state index contributed by atoms with van der Waals surface area (Å²) in [6, 6.07) is 7.67. The molecular formula is C13H11N5O4. The third-order valence-electron chi connectivity index (χ3n) is 2.87. The Bertz CT molecular complexity index is 762. The first-order valence-corrected chi connectivity index (χ1v) is 6.20. The number of nitro benzene ring substituents is 1. The highest BCUT2D eigenvalue weighted by molar-refractivity contribution is 5.66. The zero-order chi connectivity index (χ0) is 16.1. The maximum Gasteiger partial charge on any atom is 0.404 e. The number of aromatic nitrogens is 2. The molecule has 1 amide bonds. The van der Waals surface area contributed by atoms with Crippen molar-refractivity contribution in [2.45, 2.75) is 6.54 Å². The third-order valence-corrected chi connectivity index (χ3v) is 2.87. The maximum atomic E-state index is 10.9. The number of benzene rings is 1. The molecule has 0 aliphatic carbocycles. The molecule has 0 atom stereocenters. The van der Waals surface area contributed by atoms with Crippen LogP contribution in [0, 0.1) is 21.4 Å². The largest absolute Gasteiger partial charge is 0.465 e. The Morgan fingerprint density at radius 2 is 2.27 bits per heavy atom. The van der Waals surface area contributed by atoms with Crippen LogP contribution in [0.2, 0.25) is 0 Å². The summed E-state index contributed by atoms with van der Waals surface area (Å²) in [4.78, 5) is 20.7. The van der Waals surface area contributed by atoms with E-state index in [0.717, 1.165) is 0 Å². The van der Waals surface area contributed by atoms with Crippen LogP contribution in [0.15, 0.2) is 30.5 Å². The van der Waals surface area contributed by atoms with Crippen molar-refractivity contribution in [2.24, 2.45) is 0 Å². The van der Waals surface area contributed by atoms with Crippen LogP contribution in [0.25, 0.3) is 11.3 Å². The Hall–Kier alpha value is -3.41. The Labute approximate surface area is 124 Å². The highest BCUT2D eigenvalue weighted by atomic mass is 16.6. The standard InChI is InChI=1S/C13H11N5O4/c14-8-10-2-1-9(7-12(10)18(21)22)11-3-5-17(16-11)6-4-15-13(19)20/h1-3,5,7,15H,4,6H2,(H,19,20). The predicted molar refractivity (Wildman–Crippen MR) is 75.1 cm³/mol. The molecule has 112 valence electrons. The van der Waals surface area contributed by atoms with Gasteiger partial charge in [-0.1, -0.05) is 6.07 Å². The van der Waals surface area contributed by atoms with E-state index in [2.05, 4.69) is 10.4 Å². The summed E-state index contributed by atoms with van der Waals surface area (Å²) in [5.41, 5.74) is 0.722. The lowest BCUT2D eigenvalue weighted by Gasteiger charge is -2.02. The van der Waals surface area contributed by atoms with E-state index in [4.69, 9.17) is 10.4 Å². The topological polar surface area (TPSA) is 134 Å². The number of carboxylic acid groups (broad SMARTS) is 1. The number of hydrogen-bond acceptors (Lipinski definition) is 5. The summed E-state index contributed by atoms with van der Waals surface area (Å²) in [5.74, 6) is 0. The van der Waals surface area contributed by atoms with Crippen molar-refractivity contribution in [3.8, 4) is 17.3 Å². The van der Waals surface area contributed by atoms with E-state index < -0.39 is 11.0 Å². The smallest absolute Gasteiger partial charge is 0.404 e. The first-order chi connectivity index (χ1) is 10.5. The van der Waals surface area contributed by atoms with E-state index in [1.54, 1.807) is 24.4 Å². The second kappa shape index (κ2) is 6.36. The zero-order valence-electron chi connectivity index (χ0n) is 11.3. The van der Waals surface area contributed by atoms with Crippen LogP contribution in [0.5, 0.6) is 0 Å². The zero-order valence-corrected chi connectivity index (χ0v) is 11.3. The fraction of sp³-hybridized carbons (Fsp3) is 0.154. The number of nitrogens with one attached hydrogen (secondary N) is 1. The van der Waals surface area contributed by atoms with Crippen molar-refractivity contribution in [3.63, 3.8) is 0 Å². The highest BCUT2D eigenvalue weighted by Gasteiger charge is 2.15. The molecule has 0 saturated carbocycles. The van der Waals surface area contributed by atoms with Gasteiger partial charge in [0.2, 0.25) is 0 Å². The summed E-state index contributed by atoms with van der Waals surface area (Å²) in [7, 11) is 0. The van der Waals surface area contributed by atoms with Crippen molar-refractivity contribution in [2.75, 3.05) is 6.54 Å². The summed E-state index contributed by atoms with van der Waals surface area (Å²) >= 11 is 0. The van der Waals surface area contributed by atoms with Gasteiger partial charge in [-0.25, -0.2) is 4.79 Å². The molecular weight excluding hydrogens is 290 g/mol. The fourth-order valence-corrected chi connectivity index (χ4v) is 1.85. The number of carbonyl (C=O) groups is 1. The molecule has 1 aromatic carbocycles. The SMILES string of the molecule is N#Cc1ccc(-c2ccn(CCNC(=O)O)n2)cc1[N+](=O)[O-]. The van der Waals surface area contributed by atoms with E-state index in [1.165, 1.54) is 16.8 Å². The van der Waals surface area contributed by atoms with Crippen LogP contribution in [0.3, 0.4) is 0 Å². The van der Waals surface area contributed by atoms with Crippen LogP contribution < -0.4 is 5.32 Å². The van der Waals surface area contributed by atoms with Gasteiger partial charge in [-0.2, -0.15) is 10.4 Å². The number of amides is 1. The van der Waals surface area contributed by atoms with Gasteiger partial charge in [0, 0.05) is 24.4 Å². The molecule has 0 bridgehead atoms. The van der Waals surface area contributed by atoms with Crippen LogP contribution >= 0.6 is 0 Å². The minimum Gasteiger partial charge on any atom is -0.465 e. The molecule has 0 unspecified atom stereocenters. The van der Waals surface area contributed by atoms with Crippen LogP contribution in [0.4, 0.5) is 10.5 Å². The van der Waals surface area contributed by atoms with Crippen molar-refractivity contribution in [1.29, 1.82) is 5.26 Å². The normalized spacial score (nSPS) is 9.95. The molecule has 9 nitrogen and oxygen atoms in total. The summed E-state index contributed by atoms with van der Waals surface area (Å²) in [5, 5.41) is 34.7. The summed E-state index contributed by atoms with van der Waals surface area (Å²) in [6.07, 6.45) is 0.526. The van der Waals surface area contributed by atoms with Crippen molar-refractivity contribution in [1.82, 2.24) is 15.1 Å². The molecule has 1 heterocycles. The first kappa shape index (κ1) is 15.0. The lowest BCUT2D eigenvalue weighted by Crippen LogP contribution is -2.25. The second-order valence-electron chi connectivity index (χ2n) is 4.30. The molecule has 0 aliphatic rings. The van der Waals surface area contributed by atoms with Gasteiger partial charge in [0.05, 0.1) is 17.2 Å². The second-order valence-corrected chi connectivity index (χ2v) is 4.30. The van der Waals surface area contributed by atoms with E-state index in [-0.39, 0.29) is 17.8 Å². The quantitative estimate of drug-likeness (QED) is 0.636. The monoisotopic (exact) mass is 301 g/mol. The number of nitrogens with zero attached hydrogens (tertiary/aromatic N) is 4. The molecule has 2 N–H and O–H groups in total. The van der Waals surface area contributed by atoms with Gasteiger partial charge in [-0.15, -0.1) is 0 Å². The number of hydrogen-bond donors (Lipinski definition) is 2. The molecule has 0 fully saturated rings. The third kappa shape index (κ3) is 3.37. The average molecular weight is 301 g/mol. The average Bonchev–Trinajstić information content (AvgIpc) is 2.95. The Kier molecular flexibility index (Phi) is 4.33. The molecule has 0 radical (unpaired) electrons. The van der Waals surface area contributed by atoms with Gasteiger partial charge in [0.25, 0.3) is 5.69 Å². The Morgan fingerprint density at radius 3 is 2.91 bits per heavy atom. The van der Waals surface area contributed by atoms with E-state index in [1.807, 2.05) is 0 Å².